The van der Waals surface area contributed by atoms with Crippen molar-refractivity contribution in [1.29, 1.82) is 0 Å². The number of benzene rings is 1. The molecule has 0 aromatic heterocycles. The molecule has 0 nitrogen and oxygen atoms in total. The number of rotatable bonds is 0. The van der Waals surface area contributed by atoms with Gasteiger partial charge in [-0.1, -0.05) is 17.7 Å². The van der Waals surface area contributed by atoms with Gasteiger partial charge in [-0.3, -0.25) is 0 Å². The largest absolute Gasteiger partial charge is 0.673 e. The van der Waals surface area contributed by atoms with Crippen LogP contribution in [0.5, 0.6) is 0 Å². The predicted molar refractivity (Wildman–Crippen MR) is 61.7 cm³/mol. The van der Waals surface area contributed by atoms with E-state index in [9.17, 15) is 56.2 Å². The van der Waals surface area contributed by atoms with Crippen LogP contribution in [0.15, 0.2) is 24.3 Å². The van der Waals surface area contributed by atoms with Crippen molar-refractivity contribution in [1.82, 2.24) is 0 Å². The predicted octanol–water partition coefficient (Wildman–Crippen LogP) is 6.03. The first kappa shape index (κ1) is 26.4. The zero-order chi connectivity index (χ0) is 19.5. The summed E-state index contributed by atoms with van der Waals surface area (Å²) in [5, 5.41) is 0. The lowest BCUT2D eigenvalue weighted by Crippen LogP contribution is -2.02. The summed E-state index contributed by atoms with van der Waals surface area (Å²) in [4.78, 5) is 0. The number of aryl methyl sites for hydroxylation is 1. The standard InChI is InChI=1S/C7H7F.3BF4/c1-6-2-4-7(8)5-3-6;3*2-1(3,4)5/h2-5H,1H3;;;/q;3*-1. The van der Waals surface area contributed by atoms with E-state index in [2.05, 4.69) is 0 Å². The second-order valence-electron chi connectivity index (χ2n) is 3.28. The molecule has 138 valence electrons. The van der Waals surface area contributed by atoms with E-state index < -0.39 is 21.8 Å². The van der Waals surface area contributed by atoms with Crippen molar-refractivity contribution in [2.24, 2.45) is 0 Å². The van der Waals surface area contributed by atoms with Crippen molar-refractivity contribution < 1.29 is 56.2 Å². The van der Waals surface area contributed by atoms with Crippen LogP contribution in [-0.4, -0.2) is 21.8 Å². The third-order valence-corrected chi connectivity index (χ3v) is 1.01. The van der Waals surface area contributed by atoms with Gasteiger partial charge in [-0.05, 0) is 19.1 Å². The van der Waals surface area contributed by atoms with Crippen molar-refractivity contribution in [2.45, 2.75) is 6.92 Å². The Kier molecular flexibility index (Phi) is 12.7. The Morgan fingerprint density at radius 2 is 0.696 bits per heavy atom. The zero-order valence-electron chi connectivity index (χ0n) is 11.0. The topological polar surface area (TPSA) is 0 Å². The molecule has 0 bridgehead atoms. The first-order valence-electron chi connectivity index (χ1n) is 5.13. The molecule has 1 aromatic carbocycles. The van der Waals surface area contributed by atoms with Crippen LogP contribution in [0.3, 0.4) is 0 Å². The smallest absolute Gasteiger partial charge is 0.418 e. The molecule has 0 radical (unpaired) electrons. The minimum Gasteiger partial charge on any atom is -0.418 e. The normalized spacial score (nSPS) is 11.0. The average molecular weight is 371 g/mol. The molecule has 0 fully saturated rings. The molecule has 23 heavy (non-hydrogen) atoms. The van der Waals surface area contributed by atoms with Gasteiger partial charge in [0.2, 0.25) is 0 Å². The molecule has 1 rings (SSSR count). The van der Waals surface area contributed by atoms with Crippen LogP contribution in [-0.2, 0) is 0 Å². The van der Waals surface area contributed by atoms with Crippen molar-refractivity contribution >= 4 is 21.8 Å². The van der Waals surface area contributed by atoms with E-state index in [-0.39, 0.29) is 5.82 Å². The lowest BCUT2D eigenvalue weighted by atomic mass is 10.2. The second-order valence-corrected chi connectivity index (χ2v) is 3.28. The summed E-state index contributed by atoms with van der Waals surface area (Å²) >= 11 is 0. The molecule has 0 N–H and O–H groups in total. The van der Waals surface area contributed by atoms with Crippen molar-refractivity contribution in [2.75, 3.05) is 0 Å². The molecule has 1 aromatic rings. The van der Waals surface area contributed by atoms with Crippen LogP contribution in [0.1, 0.15) is 5.56 Å². The molecular formula is C7H7B3F13-3. The van der Waals surface area contributed by atoms with Crippen LogP contribution >= 0.6 is 0 Å². The Morgan fingerprint density at radius 3 is 0.826 bits per heavy atom. The van der Waals surface area contributed by atoms with Crippen LogP contribution in [0.2, 0.25) is 0 Å². The quantitative estimate of drug-likeness (QED) is 0.386. The molecule has 0 atom stereocenters. The molecule has 0 saturated carbocycles. The van der Waals surface area contributed by atoms with Gasteiger partial charge in [0.15, 0.2) is 0 Å². The molecule has 0 unspecified atom stereocenters. The lowest BCUT2D eigenvalue weighted by molar-refractivity contribution is 0.366. The van der Waals surface area contributed by atoms with E-state index in [4.69, 9.17) is 0 Å². The van der Waals surface area contributed by atoms with Gasteiger partial charge in [-0.15, -0.1) is 0 Å². The summed E-state index contributed by atoms with van der Waals surface area (Å²) in [6.07, 6.45) is 0. The number of halogens is 13. The highest BCUT2D eigenvalue weighted by Crippen LogP contribution is 2.07. The van der Waals surface area contributed by atoms with Gasteiger partial charge in [0.25, 0.3) is 0 Å². The van der Waals surface area contributed by atoms with Gasteiger partial charge >= 0.3 is 21.8 Å². The van der Waals surface area contributed by atoms with E-state index in [0.29, 0.717) is 0 Å². The molecule has 0 aliphatic carbocycles. The number of hydrogen-bond acceptors (Lipinski definition) is 0. The summed E-state index contributed by atoms with van der Waals surface area (Å²) in [7, 11) is -18.0. The Labute approximate surface area is 122 Å². The maximum absolute atomic E-state index is 12.1. The lowest BCUT2D eigenvalue weighted by Gasteiger charge is -1.94. The summed E-state index contributed by atoms with van der Waals surface area (Å²) in [6.45, 7) is 1.93. The van der Waals surface area contributed by atoms with Crippen LogP contribution in [0, 0.1) is 12.7 Å². The highest BCUT2D eigenvalue weighted by Gasteiger charge is 2.21. The van der Waals surface area contributed by atoms with Gasteiger partial charge < -0.3 is 51.8 Å². The molecule has 0 spiro atoms. The van der Waals surface area contributed by atoms with Gasteiger partial charge in [-0.25, -0.2) is 4.39 Å². The second kappa shape index (κ2) is 11.1. The van der Waals surface area contributed by atoms with Crippen molar-refractivity contribution in [3.8, 4) is 0 Å². The molecule has 0 heterocycles. The fourth-order valence-corrected chi connectivity index (χ4v) is 0.533. The van der Waals surface area contributed by atoms with Gasteiger partial charge in [-0.2, -0.15) is 0 Å². The van der Waals surface area contributed by atoms with Crippen LogP contribution in [0.25, 0.3) is 0 Å². The van der Waals surface area contributed by atoms with E-state index in [1.54, 1.807) is 12.1 Å². The zero-order valence-corrected chi connectivity index (χ0v) is 11.0. The fraction of sp³-hybridized carbons (Fsp3) is 0.143. The fourth-order valence-electron chi connectivity index (χ4n) is 0.533. The summed E-state index contributed by atoms with van der Waals surface area (Å²) in [6, 6.07) is 6.40. The number of hydrogen-bond donors (Lipinski definition) is 0. The molecule has 0 aliphatic rings. The first-order chi connectivity index (χ1) is 9.79. The van der Waals surface area contributed by atoms with E-state index >= 15 is 0 Å². The monoisotopic (exact) mass is 371 g/mol. The van der Waals surface area contributed by atoms with E-state index in [0.717, 1.165) is 5.56 Å². The molecule has 0 aliphatic heterocycles. The van der Waals surface area contributed by atoms with Crippen LogP contribution in [0.4, 0.5) is 56.2 Å². The first-order valence-corrected chi connectivity index (χ1v) is 5.13. The molecule has 16 heteroatoms. The Bertz CT molecular complexity index is 324. The van der Waals surface area contributed by atoms with Crippen LogP contribution < -0.4 is 0 Å². The molecular weight excluding hydrogens is 363 g/mol. The average Bonchev–Trinajstić information content (AvgIpc) is 2.14. The van der Waals surface area contributed by atoms with Gasteiger partial charge in [0.1, 0.15) is 5.82 Å². The van der Waals surface area contributed by atoms with Crippen molar-refractivity contribution in [3.63, 3.8) is 0 Å². The highest BCUT2D eigenvalue weighted by molar-refractivity contribution is 6.50. The minimum absolute atomic E-state index is 0.171. The molecule has 0 amide bonds. The summed E-state index contributed by atoms with van der Waals surface area (Å²) in [5.41, 5.74) is 1.09. The summed E-state index contributed by atoms with van der Waals surface area (Å²) in [5.74, 6) is -0.171. The minimum atomic E-state index is -6.00. The van der Waals surface area contributed by atoms with Gasteiger partial charge in [0, 0.05) is 0 Å². The van der Waals surface area contributed by atoms with E-state index in [1.165, 1.54) is 12.1 Å². The summed E-state index contributed by atoms with van der Waals surface area (Å²) < 4.78 is 129. The SMILES string of the molecule is Cc1ccc(F)cc1.F[B-](F)(F)F.F[B-](F)(F)F.F[B-](F)(F)F. The molecule has 0 saturated heterocycles. The highest BCUT2D eigenvalue weighted by atomic mass is 19.5. The van der Waals surface area contributed by atoms with Gasteiger partial charge in [0.05, 0.1) is 0 Å². The maximum atomic E-state index is 12.1. The Morgan fingerprint density at radius 1 is 0.522 bits per heavy atom. The third-order valence-electron chi connectivity index (χ3n) is 1.01. The maximum Gasteiger partial charge on any atom is 0.673 e. The Balaban J connectivity index is -0.000000240. The third kappa shape index (κ3) is 97.1. The van der Waals surface area contributed by atoms with E-state index in [1.807, 2.05) is 6.92 Å². The Hall–Kier alpha value is -1.50. The van der Waals surface area contributed by atoms with Crippen molar-refractivity contribution in [3.05, 3.63) is 35.6 Å².